The van der Waals surface area contributed by atoms with Crippen LogP contribution in [0.25, 0.3) is 0 Å². The van der Waals surface area contributed by atoms with Crippen LogP contribution in [0.4, 0.5) is 13.6 Å². The maximum Gasteiger partial charge on any atom is 0.510 e. The lowest BCUT2D eigenvalue weighted by molar-refractivity contribution is -0.0766. The molecule has 0 aliphatic carbocycles. The van der Waals surface area contributed by atoms with Crippen molar-refractivity contribution in [3.63, 3.8) is 0 Å². The summed E-state index contributed by atoms with van der Waals surface area (Å²) in [6.07, 6.45) is -3.40. The molecule has 130 valence electrons. The molecular weight excluding hydrogens is 401 g/mol. The lowest BCUT2D eigenvalue weighted by atomic mass is 10.2. The Hall–Kier alpha value is -1.02. The van der Waals surface area contributed by atoms with Crippen LogP contribution in [-0.2, 0) is 24.2 Å². The monoisotopic (exact) mass is 416 g/mol. The summed E-state index contributed by atoms with van der Waals surface area (Å²) in [6, 6.07) is 5.03. The molecule has 0 amide bonds. The van der Waals surface area contributed by atoms with Crippen molar-refractivity contribution in [2.75, 3.05) is 0 Å². The Morgan fingerprint density at radius 3 is 2.35 bits per heavy atom. The van der Waals surface area contributed by atoms with Gasteiger partial charge in [0.15, 0.2) is 0 Å². The van der Waals surface area contributed by atoms with E-state index in [1.54, 1.807) is 13.8 Å². The van der Waals surface area contributed by atoms with Crippen LogP contribution in [0.2, 0.25) is 0 Å². The lowest BCUT2D eigenvalue weighted by Crippen LogP contribution is -2.24. The van der Waals surface area contributed by atoms with Gasteiger partial charge >= 0.3 is 19.4 Å². The third kappa shape index (κ3) is 5.24. The molecule has 0 fully saturated rings. The highest BCUT2D eigenvalue weighted by Crippen LogP contribution is 2.64. The normalized spacial score (nSPS) is 15.8. The molecule has 1 aromatic carbocycles. The molecule has 2 atom stereocenters. The first-order valence-corrected chi connectivity index (χ1v) is 8.86. The number of ether oxygens (including phenoxy) is 2. The van der Waals surface area contributed by atoms with Gasteiger partial charge in [0.2, 0.25) is 6.29 Å². The summed E-state index contributed by atoms with van der Waals surface area (Å²) in [5, 5.41) is 0. The molecule has 2 unspecified atom stereocenters. The van der Waals surface area contributed by atoms with Gasteiger partial charge in [0.05, 0.1) is 6.10 Å². The van der Waals surface area contributed by atoms with Gasteiger partial charge in [0.25, 0.3) is 0 Å². The van der Waals surface area contributed by atoms with Crippen LogP contribution >= 0.6 is 23.5 Å². The summed E-state index contributed by atoms with van der Waals surface area (Å²) in [5.74, 6) is 0. The number of alkyl halides is 2. The van der Waals surface area contributed by atoms with Crippen LogP contribution in [0.1, 0.15) is 26.3 Å². The third-order valence-electron chi connectivity index (χ3n) is 2.44. The molecule has 23 heavy (non-hydrogen) atoms. The fourth-order valence-electron chi connectivity index (χ4n) is 1.50. The Labute approximate surface area is 140 Å². The van der Waals surface area contributed by atoms with Gasteiger partial charge in [-0.15, -0.1) is 0 Å². The number of hydrogen-bond donors (Lipinski definition) is 1. The third-order valence-corrected chi connectivity index (χ3v) is 4.66. The van der Waals surface area contributed by atoms with E-state index in [4.69, 9.17) is 0 Å². The molecule has 1 rings (SSSR count). The second-order valence-corrected chi connectivity index (χ2v) is 7.42. The maximum atomic E-state index is 14.3. The van der Waals surface area contributed by atoms with Gasteiger partial charge in [0, 0.05) is 10.0 Å². The highest BCUT2D eigenvalue weighted by Gasteiger charge is 2.54. The van der Waals surface area contributed by atoms with Crippen molar-refractivity contribution in [1.82, 2.24) is 0 Å². The van der Waals surface area contributed by atoms with Crippen molar-refractivity contribution in [1.29, 1.82) is 0 Å². The first-order chi connectivity index (χ1) is 10.5. The van der Waals surface area contributed by atoms with Crippen molar-refractivity contribution in [2.45, 2.75) is 38.8 Å². The number of carbonyl (C=O) groups is 1. The molecule has 0 aliphatic rings. The van der Waals surface area contributed by atoms with E-state index < -0.39 is 37.4 Å². The number of rotatable bonds is 6. The minimum Gasteiger partial charge on any atom is -0.432 e. The summed E-state index contributed by atoms with van der Waals surface area (Å²) in [6.45, 7) is 4.12. The molecule has 0 heterocycles. The van der Waals surface area contributed by atoms with E-state index in [1.807, 2.05) is 0 Å². The van der Waals surface area contributed by atoms with Gasteiger partial charge in [-0.25, -0.2) is 4.79 Å². The summed E-state index contributed by atoms with van der Waals surface area (Å²) in [5.41, 5.74) is -4.92. The fourth-order valence-corrected chi connectivity index (χ4v) is 3.27. The predicted molar refractivity (Wildman–Crippen MR) is 81.1 cm³/mol. The predicted octanol–water partition coefficient (Wildman–Crippen LogP) is 4.61. The topological polar surface area (TPSA) is 82.1 Å². The van der Waals surface area contributed by atoms with Crippen molar-refractivity contribution in [3.05, 3.63) is 34.3 Å². The van der Waals surface area contributed by atoms with Gasteiger partial charge in [-0.3, -0.25) is 9.09 Å². The minimum absolute atomic E-state index is 0.0596. The Morgan fingerprint density at radius 2 is 1.83 bits per heavy atom. The van der Waals surface area contributed by atoms with Crippen LogP contribution in [0.3, 0.4) is 0 Å². The summed E-state index contributed by atoms with van der Waals surface area (Å²) in [7, 11) is -5.49. The van der Waals surface area contributed by atoms with E-state index >= 15 is 0 Å². The average molecular weight is 417 g/mol. The van der Waals surface area contributed by atoms with E-state index in [0.717, 1.165) is 13.0 Å². The standard InChI is InChI=1S/C13H16BrF2O6P/c1-8(2)20-12(17)21-9(3)22-23(18,19)13(15,16)10-6-4-5-7-11(10)14/h4-9H,1-3H3,(H,18,19). The number of carbonyl (C=O) groups excluding carboxylic acids is 1. The Bertz CT molecular complexity index is 610. The Kier molecular flexibility index (Phi) is 6.70. The molecule has 0 radical (unpaired) electrons. The number of halogens is 3. The quantitative estimate of drug-likeness (QED) is 0.414. The fraction of sp³-hybridized carbons (Fsp3) is 0.462. The largest absolute Gasteiger partial charge is 0.510 e. The summed E-state index contributed by atoms with van der Waals surface area (Å²) < 4.78 is 53.9. The van der Waals surface area contributed by atoms with Crippen LogP contribution in [0, 0.1) is 0 Å². The SMILES string of the molecule is CC(C)OC(=O)OC(C)OP(=O)(O)C(F)(F)c1ccccc1Br. The summed E-state index contributed by atoms with van der Waals surface area (Å²) >= 11 is 2.89. The first kappa shape index (κ1) is 20.0. The highest BCUT2D eigenvalue weighted by atomic mass is 79.9. The maximum absolute atomic E-state index is 14.3. The molecule has 0 bridgehead atoms. The second-order valence-electron chi connectivity index (χ2n) is 4.75. The molecular formula is C13H16BrF2O6P. The van der Waals surface area contributed by atoms with Gasteiger partial charge in [-0.2, -0.15) is 8.78 Å². The van der Waals surface area contributed by atoms with E-state index in [1.165, 1.54) is 18.2 Å². The molecule has 0 saturated carbocycles. The minimum atomic E-state index is -5.49. The van der Waals surface area contributed by atoms with Gasteiger partial charge in [0.1, 0.15) is 0 Å². The second kappa shape index (κ2) is 7.70. The number of hydrogen-bond acceptors (Lipinski definition) is 5. The van der Waals surface area contributed by atoms with Gasteiger partial charge in [-0.1, -0.05) is 34.1 Å². The molecule has 10 heteroatoms. The molecule has 0 spiro atoms. The molecule has 0 aliphatic heterocycles. The lowest BCUT2D eigenvalue weighted by Gasteiger charge is -2.25. The van der Waals surface area contributed by atoms with Gasteiger partial charge in [-0.05, 0) is 26.8 Å². The van der Waals surface area contributed by atoms with E-state index in [-0.39, 0.29) is 4.47 Å². The van der Waals surface area contributed by atoms with Gasteiger partial charge < -0.3 is 14.4 Å². The zero-order chi connectivity index (χ0) is 17.8. The smallest absolute Gasteiger partial charge is 0.432 e. The Balaban J connectivity index is 2.87. The molecule has 6 nitrogen and oxygen atoms in total. The van der Waals surface area contributed by atoms with Crippen molar-refractivity contribution >= 4 is 29.7 Å². The zero-order valence-corrected chi connectivity index (χ0v) is 15.0. The van der Waals surface area contributed by atoms with Crippen LogP contribution < -0.4 is 0 Å². The van der Waals surface area contributed by atoms with Crippen LogP contribution in [-0.4, -0.2) is 23.4 Å². The van der Waals surface area contributed by atoms with E-state index in [2.05, 4.69) is 29.9 Å². The highest BCUT2D eigenvalue weighted by molar-refractivity contribution is 9.10. The van der Waals surface area contributed by atoms with E-state index in [9.17, 15) is 23.0 Å². The van der Waals surface area contributed by atoms with E-state index in [0.29, 0.717) is 0 Å². The van der Waals surface area contributed by atoms with Crippen LogP contribution in [0.15, 0.2) is 28.7 Å². The van der Waals surface area contributed by atoms with Crippen molar-refractivity contribution < 1.29 is 37.0 Å². The molecule has 1 aromatic rings. The molecule has 0 aromatic heterocycles. The zero-order valence-electron chi connectivity index (χ0n) is 12.5. The first-order valence-electron chi connectivity index (χ1n) is 6.48. The Morgan fingerprint density at radius 1 is 1.26 bits per heavy atom. The molecule has 0 saturated heterocycles. The van der Waals surface area contributed by atoms with Crippen molar-refractivity contribution in [3.8, 4) is 0 Å². The van der Waals surface area contributed by atoms with Crippen LogP contribution in [0.5, 0.6) is 0 Å². The van der Waals surface area contributed by atoms with Crippen molar-refractivity contribution in [2.24, 2.45) is 0 Å². The number of benzene rings is 1. The average Bonchev–Trinajstić information content (AvgIpc) is 2.36. The molecule has 1 N–H and O–H groups in total. The summed E-state index contributed by atoms with van der Waals surface area (Å²) in [4.78, 5) is 20.8.